The van der Waals surface area contributed by atoms with Crippen LogP contribution >= 0.6 is 0 Å². The highest BCUT2D eigenvalue weighted by Gasteiger charge is 2.60. The molecule has 0 aromatic heterocycles. The molecule has 25 heavy (non-hydrogen) atoms. The normalized spacial score (nSPS) is 17.5. The van der Waals surface area contributed by atoms with Crippen LogP contribution in [0.5, 0.6) is 0 Å². The Morgan fingerprint density at radius 2 is 1.12 bits per heavy atom. The third kappa shape index (κ3) is 7.76. The van der Waals surface area contributed by atoms with Crippen molar-refractivity contribution < 1.29 is 75.7 Å². The first-order valence-corrected chi connectivity index (χ1v) is 5.26. The molecule has 0 aliphatic carbocycles. The van der Waals surface area contributed by atoms with E-state index in [0.717, 1.165) is 0 Å². The molecule has 0 aliphatic heterocycles. The topological polar surface area (TPSA) is 27.7 Å². The first kappa shape index (κ1) is 23.9. The van der Waals surface area contributed by atoms with Gasteiger partial charge in [0, 0.05) is 0 Å². The van der Waals surface area contributed by atoms with Crippen molar-refractivity contribution >= 4 is 0 Å². The molecule has 0 N–H and O–H groups in total. The molecule has 0 spiro atoms. The van der Waals surface area contributed by atoms with Gasteiger partial charge in [-0.05, 0) is 0 Å². The molecule has 17 heteroatoms. The minimum Gasteiger partial charge on any atom is -0.338 e. The van der Waals surface area contributed by atoms with Gasteiger partial charge in [0.2, 0.25) is 0 Å². The van der Waals surface area contributed by atoms with Crippen molar-refractivity contribution in [3.05, 3.63) is 0 Å². The average Bonchev–Trinajstić information content (AvgIpc) is 2.29. The Hall–Kier alpha value is -1.10. The molecule has 152 valence electrons. The minimum atomic E-state index is -6.45. The van der Waals surface area contributed by atoms with Gasteiger partial charge in [-0.25, -0.2) is 9.13 Å². The van der Waals surface area contributed by atoms with E-state index in [0.29, 0.717) is 0 Å². The number of alkyl halides is 14. The third-order valence-electron chi connectivity index (χ3n) is 1.86. The molecule has 3 nitrogen and oxygen atoms in total. The second-order valence-electron chi connectivity index (χ2n) is 3.95. The standard InChI is InChI=1S/C8H4F14O3/c9-2(24-8(20,21)22)6(15,16)25-3(5(12,13)14)23-1-4(10,11)7(17,18)19/h2-3H,1H2. The molecule has 0 aliphatic rings. The largest absolute Gasteiger partial charge is 0.525 e. The van der Waals surface area contributed by atoms with Crippen LogP contribution in [-0.4, -0.2) is 50.0 Å². The highest BCUT2D eigenvalue weighted by atomic mass is 19.4. The lowest BCUT2D eigenvalue weighted by atomic mass is 10.3. The Labute approximate surface area is 127 Å². The lowest BCUT2D eigenvalue weighted by Gasteiger charge is -2.29. The van der Waals surface area contributed by atoms with Crippen molar-refractivity contribution in [2.75, 3.05) is 6.61 Å². The molecule has 0 aromatic carbocycles. The Morgan fingerprint density at radius 1 is 0.680 bits per heavy atom. The summed E-state index contributed by atoms with van der Waals surface area (Å²) in [7, 11) is 0. The van der Waals surface area contributed by atoms with Gasteiger partial charge in [-0.1, -0.05) is 0 Å². The minimum absolute atomic E-state index is 2.02. The highest BCUT2D eigenvalue weighted by Crippen LogP contribution is 2.39. The Bertz CT molecular complexity index is 423. The maximum absolute atomic E-state index is 12.8. The van der Waals surface area contributed by atoms with Gasteiger partial charge in [0.25, 0.3) is 12.6 Å². The second kappa shape index (κ2) is 7.26. The van der Waals surface area contributed by atoms with Gasteiger partial charge in [0.15, 0.2) is 0 Å². The zero-order valence-electron chi connectivity index (χ0n) is 10.9. The molecule has 0 bridgehead atoms. The molecule has 0 radical (unpaired) electrons. The summed E-state index contributed by atoms with van der Waals surface area (Å²) in [5.41, 5.74) is 0. The summed E-state index contributed by atoms with van der Waals surface area (Å²) in [6, 6.07) is 0. The second-order valence-corrected chi connectivity index (χ2v) is 3.95. The predicted octanol–water partition coefficient (Wildman–Crippen LogP) is 4.53. The van der Waals surface area contributed by atoms with Crippen LogP contribution in [-0.2, 0) is 14.2 Å². The van der Waals surface area contributed by atoms with Crippen molar-refractivity contribution in [3.8, 4) is 0 Å². The summed E-state index contributed by atoms with van der Waals surface area (Å²) in [5.74, 6) is -5.97. The number of halogens is 14. The van der Waals surface area contributed by atoms with E-state index in [1.807, 2.05) is 4.74 Å². The van der Waals surface area contributed by atoms with Crippen molar-refractivity contribution in [3.63, 3.8) is 0 Å². The summed E-state index contributed by atoms with van der Waals surface area (Å²) in [4.78, 5) is 0. The van der Waals surface area contributed by atoms with Crippen molar-refractivity contribution in [1.29, 1.82) is 0 Å². The monoisotopic (exact) mass is 414 g/mol. The molecule has 0 amide bonds. The average molecular weight is 414 g/mol. The maximum Gasteiger partial charge on any atom is 0.525 e. The summed E-state index contributed by atoms with van der Waals surface area (Å²) < 4.78 is 177. The Balaban J connectivity index is 5.19. The summed E-state index contributed by atoms with van der Waals surface area (Å²) >= 11 is 0. The van der Waals surface area contributed by atoms with Gasteiger partial charge in [0.1, 0.15) is 6.61 Å². The van der Waals surface area contributed by atoms with Crippen molar-refractivity contribution in [2.45, 2.75) is 43.4 Å². The fraction of sp³-hybridized carbons (Fsp3) is 1.00. The predicted molar refractivity (Wildman–Crippen MR) is 44.9 cm³/mol. The number of rotatable bonds is 7. The third-order valence-corrected chi connectivity index (χ3v) is 1.86. The molecule has 0 fully saturated rings. The van der Waals surface area contributed by atoms with E-state index in [9.17, 15) is 61.5 Å². The van der Waals surface area contributed by atoms with Gasteiger partial charge in [-0.2, -0.15) is 43.9 Å². The zero-order chi connectivity index (χ0) is 20.5. The molecule has 2 unspecified atom stereocenters. The first-order chi connectivity index (χ1) is 10.7. The van der Waals surface area contributed by atoms with Gasteiger partial charge in [-0.15, -0.1) is 13.2 Å². The Morgan fingerprint density at radius 3 is 1.44 bits per heavy atom. The van der Waals surface area contributed by atoms with E-state index < -0.39 is 50.0 Å². The quantitative estimate of drug-likeness (QED) is 0.453. The van der Waals surface area contributed by atoms with Crippen LogP contribution in [0.3, 0.4) is 0 Å². The summed E-state index contributed by atoms with van der Waals surface area (Å²) in [6.45, 7) is -3.20. The lowest BCUT2D eigenvalue weighted by molar-refractivity contribution is -0.461. The van der Waals surface area contributed by atoms with E-state index in [4.69, 9.17) is 0 Å². The van der Waals surface area contributed by atoms with Gasteiger partial charge < -0.3 is 4.74 Å². The van der Waals surface area contributed by atoms with Gasteiger partial charge in [0.05, 0.1) is 0 Å². The van der Waals surface area contributed by atoms with E-state index in [2.05, 4.69) is 9.47 Å². The van der Waals surface area contributed by atoms with Crippen LogP contribution in [0.15, 0.2) is 0 Å². The van der Waals surface area contributed by atoms with Gasteiger partial charge >= 0.3 is 30.7 Å². The SMILES string of the molecule is FC(OC(F)(F)F)C(F)(F)OC(OCC(F)(F)C(F)(F)F)C(F)(F)F. The van der Waals surface area contributed by atoms with E-state index in [-0.39, 0.29) is 0 Å². The Kier molecular flexibility index (Phi) is 6.94. The molecular formula is C8H4F14O3. The molecule has 0 saturated carbocycles. The number of ether oxygens (including phenoxy) is 3. The van der Waals surface area contributed by atoms with Gasteiger partial charge in [-0.3, -0.25) is 4.74 Å². The van der Waals surface area contributed by atoms with E-state index in [1.165, 1.54) is 0 Å². The van der Waals surface area contributed by atoms with Crippen LogP contribution < -0.4 is 0 Å². The van der Waals surface area contributed by atoms with Crippen LogP contribution in [0.2, 0.25) is 0 Å². The van der Waals surface area contributed by atoms with E-state index in [1.54, 1.807) is 0 Å². The fourth-order valence-electron chi connectivity index (χ4n) is 0.840. The molecule has 0 aromatic rings. The molecule has 0 rings (SSSR count). The smallest absolute Gasteiger partial charge is 0.338 e. The number of hydrogen-bond donors (Lipinski definition) is 0. The number of hydrogen-bond acceptors (Lipinski definition) is 3. The zero-order valence-corrected chi connectivity index (χ0v) is 10.9. The van der Waals surface area contributed by atoms with Crippen LogP contribution in [0, 0.1) is 0 Å². The molecule has 0 saturated heterocycles. The van der Waals surface area contributed by atoms with Crippen LogP contribution in [0.1, 0.15) is 0 Å². The lowest BCUT2D eigenvalue weighted by Crippen LogP contribution is -2.49. The first-order valence-electron chi connectivity index (χ1n) is 5.26. The summed E-state index contributed by atoms with van der Waals surface area (Å²) in [6.07, 6.45) is -34.4. The van der Waals surface area contributed by atoms with Crippen molar-refractivity contribution in [1.82, 2.24) is 0 Å². The molecular weight excluding hydrogens is 410 g/mol. The van der Waals surface area contributed by atoms with Crippen LogP contribution in [0.25, 0.3) is 0 Å². The fourth-order valence-corrected chi connectivity index (χ4v) is 0.840. The van der Waals surface area contributed by atoms with E-state index >= 15 is 0 Å². The molecule has 2 atom stereocenters. The summed E-state index contributed by atoms with van der Waals surface area (Å²) in [5, 5.41) is 0. The van der Waals surface area contributed by atoms with Crippen LogP contribution in [0.4, 0.5) is 61.5 Å². The van der Waals surface area contributed by atoms with Crippen molar-refractivity contribution in [2.24, 2.45) is 0 Å². The maximum atomic E-state index is 12.8. The molecule has 0 heterocycles. The highest BCUT2D eigenvalue weighted by molar-refractivity contribution is 4.76.